The Morgan fingerprint density at radius 2 is 0.671 bits per heavy atom. The summed E-state index contributed by atoms with van der Waals surface area (Å²) in [5.41, 5.74) is 23.7. The minimum absolute atomic E-state index is 0.421. The van der Waals surface area contributed by atoms with E-state index in [4.69, 9.17) is 4.85 Å². The molecule has 0 unspecified atom stereocenters. The van der Waals surface area contributed by atoms with Crippen LogP contribution in [0.1, 0.15) is 72.7 Å². The molecule has 5 nitrogen and oxygen atoms in total. The molecule has 9 aromatic carbocycles. The summed E-state index contributed by atoms with van der Waals surface area (Å²) in [6.45, 7) is 26.9. The maximum Gasteiger partial charge on any atom is 0.218 e. The number of nitriles is 1. The van der Waals surface area contributed by atoms with Gasteiger partial charge in [-0.2, -0.15) is 5.26 Å². The van der Waals surface area contributed by atoms with Gasteiger partial charge in [-0.3, -0.25) is 0 Å². The second-order valence-electron chi connectivity index (χ2n) is 20.2. The Morgan fingerprint density at radius 3 is 0.986 bits per heavy atom. The van der Waals surface area contributed by atoms with Gasteiger partial charge in [-0.15, -0.1) is 0 Å². The molecule has 0 aliphatic heterocycles. The topological polar surface area (TPSA) is 42.9 Å². The van der Waals surface area contributed by atoms with Crippen LogP contribution in [0.4, 0.5) is 5.69 Å². The Bertz CT molecular complexity index is 4020. The molecule has 334 valence electrons. The monoisotopic (exact) mass is 899 g/mol. The largest absolute Gasteiger partial charge is 0.317 e. The molecule has 0 N–H and O–H groups in total. The second kappa shape index (κ2) is 14.9. The van der Waals surface area contributed by atoms with Gasteiger partial charge < -0.3 is 13.7 Å². The highest BCUT2D eigenvalue weighted by Gasteiger charge is 2.39. The summed E-state index contributed by atoms with van der Waals surface area (Å²) in [5.74, 6) is -0.421. The van der Waals surface area contributed by atoms with Crippen LogP contribution in [0, 0.1) is 73.3 Å². The predicted molar refractivity (Wildman–Crippen MR) is 291 cm³/mol. The van der Waals surface area contributed by atoms with Crippen molar-refractivity contribution < 1.29 is 0 Å². The van der Waals surface area contributed by atoms with Crippen LogP contribution in [0.15, 0.2) is 146 Å². The van der Waals surface area contributed by atoms with E-state index in [2.05, 4.69) is 221 Å². The summed E-state index contributed by atoms with van der Waals surface area (Å²) in [5, 5.41) is 19.2. The highest BCUT2D eigenvalue weighted by Crippen LogP contribution is 2.57. The van der Waals surface area contributed by atoms with Gasteiger partial charge in [0.05, 0.1) is 62.3 Å². The summed E-state index contributed by atoms with van der Waals surface area (Å²) in [4.78, 5) is 4.79. The van der Waals surface area contributed by atoms with Gasteiger partial charge >= 0.3 is 0 Å². The molecule has 3 heterocycles. The first-order chi connectivity index (χ1) is 33.9. The van der Waals surface area contributed by atoms with Gasteiger partial charge in [-0.25, -0.2) is 4.85 Å². The van der Waals surface area contributed by atoms with E-state index in [0.29, 0.717) is 11.3 Å². The van der Waals surface area contributed by atoms with Crippen molar-refractivity contribution in [2.75, 3.05) is 0 Å². The first-order valence-electron chi connectivity index (χ1n) is 24.2. The molecule has 1 aliphatic rings. The van der Waals surface area contributed by atoms with Gasteiger partial charge in [0.15, 0.2) is 0 Å². The smallest absolute Gasteiger partial charge is 0.218 e. The van der Waals surface area contributed by atoms with Crippen LogP contribution >= 0.6 is 0 Å². The highest BCUT2D eigenvalue weighted by molar-refractivity contribution is 6.15. The summed E-state index contributed by atoms with van der Waals surface area (Å²) >= 11 is 0. The molecular weight excluding hydrogens is 851 g/mol. The summed E-state index contributed by atoms with van der Waals surface area (Å²) in [7, 11) is 0. The number of nitrogens with zero attached hydrogens (tertiary/aromatic N) is 5. The molecule has 5 heteroatoms. The third-order valence-electron chi connectivity index (χ3n) is 15.2. The lowest BCUT2D eigenvalue weighted by molar-refractivity contribution is 0.978. The molecule has 0 radical (unpaired) electrons. The lowest BCUT2D eigenvalue weighted by atomic mass is 9.83. The molecule has 0 atom stereocenters. The molecule has 3 aromatic heterocycles. The fourth-order valence-electron chi connectivity index (χ4n) is 12.1. The molecule has 12 aromatic rings. The Morgan fingerprint density at radius 1 is 0.386 bits per heavy atom. The van der Waals surface area contributed by atoms with Crippen LogP contribution in [-0.4, -0.2) is 13.7 Å². The standard InChI is InChI=1S/C65H49N5/c1-35-10-18-43-45(26-35)46-27-36(2)11-19-44(46)60(43)61-53(34-66)63(68-54-20-12-37(3)28-47(54)48-29-38(4)13-21-55(48)68)65(70-58-24-16-41(7)32-51(58)52-33-42(8)17-25-59(52)70)64(62(61)67-9)69-56-22-14-39(5)30-49(56)50-31-40(6)15-23-57(50)69/h10-33,60H,1-8H3. The van der Waals surface area contributed by atoms with Crippen molar-refractivity contribution in [3.63, 3.8) is 0 Å². The van der Waals surface area contributed by atoms with Crippen LogP contribution < -0.4 is 0 Å². The third kappa shape index (κ3) is 5.76. The van der Waals surface area contributed by atoms with Crippen LogP contribution in [0.2, 0.25) is 0 Å². The Balaban J connectivity index is 1.37. The molecule has 0 spiro atoms. The molecular formula is C65H49N5. The summed E-state index contributed by atoms with van der Waals surface area (Å²) in [6.07, 6.45) is 0. The van der Waals surface area contributed by atoms with Gasteiger partial charge in [-0.05, 0) is 156 Å². The van der Waals surface area contributed by atoms with Gasteiger partial charge in [0.25, 0.3) is 0 Å². The van der Waals surface area contributed by atoms with E-state index in [1.165, 1.54) is 0 Å². The van der Waals surface area contributed by atoms with Crippen molar-refractivity contribution in [1.82, 2.24) is 13.7 Å². The number of fused-ring (bicyclic) bond motifs is 12. The van der Waals surface area contributed by atoms with E-state index in [9.17, 15) is 11.8 Å². The zero-order valence-corrected chi connectivity index (χ0v) is 40.7. The fraction of sp³-hybridized carbons (Fsp3) is 0.138. The zero-order chi connectivity index (χ0) is 48.0. The van der Waals surface area contributed by atoms with E-state index >= 15 is 0 Å². The number of hydrogen-bond acceptors (Lipinski definition) is 1. The quantitative estimate of drug-likeness (QED) is 0.162. The molecule has 70 heavy (non-hydrogen) atoms. The molecule has 0 fully saturated rings. The minimum atomic E-state index is -0.421. The normalized spacial score (nSPS) is 12.5. The summed E-state index contributed by atoms with van der Waals surface area (Å²) < 4.78 is 7.11. The minimum Gasteiger partial charge on any atom is -0.317 e. The number of benzene rings is 9. The van der Waals surface area contributed by atoms with Crippen LogP contribution in [0.25, 0.3) is 98.5 Å². The Labute approximate surface area is 407 Å². The number of rotatable bonds is 4. The van der Waals surface area contributed by atoms with Crippen LogP contribution in [0.5, 0.6) is 0 Å². The maximum atomic E-state index is 12.5. The van der Waals surface area contributed by atoms with E-state index < -0.39 is 5.92 Å². The van der Waals surface area contributed by atoms with Crippen molar-refractivity contribution in [3.8, 4) is 34.3 Å². The average Bonchev–Trinajstić information content (AvgIpc) is 4.03. The third-order valence-corrected chi connectivity index (χ3v) is 15.2. The summed E-state index contributed by atoms with van der Waals surface area (Å²) in [6, 6.07) is 56.5. The van der Waals surface area contributed by atoms with Crippen molar-refractivity contribution in [2.24, 2.45) is 0 Å². The van der Waals surface area contributed by atoms with E-state index in [-0.39, 0.29) is 0 Å². The van der Waals surface area contributed by atoms with Gasteiger partial charge in [0.2, 0.25) is 5.69 Å². The number of aromatic nitrogens is 3. The Hall–Kier alpha value is -8.64. The predicted octanol–water partition coefficient (Wildman–Crippen LogP) is 17.0. The molecule has 13 rings (SSSR count). The highest BCUT2D eigenvalue weighted by atomic mass is 15.1. The van der Waals surface area contributed by atoms with Crippen LogP contribution in [-0.2, 0) is 0 Å². The van der Waals surface area contributed by atoms with Crippen molar-refractivity contribution in [3.05, 3.63) is 224 Å². The van der Waals surface area contributed by atoms with E-state index in [1.54, 1.807) is 0 Å². The Kier molecular flexibility index (Phi) is 8.86. The first kappa shape index (κ1) is 41.5. The fourth-order valence-corrected chi connectivity index (χ4v) is 12.1. The lowest BCUT2D eigenvalue weighted by Gasteiger charge is -2.29. The van der Waals surface area contributed by atoms with Crippen molar-refractivity contribution in [2.45, 2.75) is 61.3 Å². The average molecular weight is 900 g/mol. The molecule has 0 saturated carbocycles. The second-order valence-corrected chi connectivity index (χ2v) is 20.2. The van der Waals surface area contributed by atoms with Crippen molar-refractivity contribution >= 4 is 71.1 Å². The first-order valence-corrected chi connectivity index (χ1v) is 24.2. The van der Waals surface area contributed by atoms with Crippen LogP contribution in [0.3, 0.4) is 0 Å². The van der Waals surface area contributed by atoms with Gasteiger partial charge in [0, 0.05) is 38.2 Å². The van der Waals surface area contributed by atoms with Gasteiger partial charge in [-0.1, -0.05) is 117 Å². The zero-order valence-electron chi connectivity index (χ0n) is 40.7. The van der Waals surface area contributed by atoms with Crippen molar-refractivity contribution in [1.29, 1.82) is 5.26 Å². The number of hydrogen-bond donors (Lipinski definition) is 0. The molecule has 1 aliphatic carbocycles. The van der Waals surface area contributed by atoms with E-state index in [1.807, 2.05) is 0 Å². The maximum absolute atomic E-state index is 12.5. The number of aryl methyl sites for hydroxylation is 8. The molecule has 0 saturated heterocycles. The lowest BCUT2D eigenvalue weighted by Crippen LogP contribution is -2.15. The molecule has 0 amide bonds. The SMILES string of the molecule is [C-]#[N+]c1c(C2c3ccc(C)cc3-c3cc(C)ccc32)c(C#N)c(-n2c3ccc(C)cc3c3cc(C)ccc32)c(-n2c3ccc(C)cc3c3cc(C)ccc32)c1-n1c2ccc(C)cc2c2cc(C)ccc21. The van der Waals surface area contributed by atoms with Gasteiger partial charge in [0.1, 0.15) is 6.07 Å². The van der Waals surface area contributed by atoms with E-state index in [0.717, 1.165) is 155 Å². The molecule has 0 bridgehead atoms.